The number of anilines is 1. The molecule has 1 atom stereocenters. The summed E-state index contributed by atoms with van der Waals surface area (Å²) in [6.07, 6.45) is -0.0612. The number of thiocarbonyl (C=S) groups is 1. The highest BCUT2D eigenvalue weighted by Crippen LogP contribution is 2.33. The SMILES string of the molecule is COc1cccc(NC(=O)C2CC(=O)N3C(=S)NC(=O)C(C)(C)N23)c1. The van der Waals surface area contributed by atoms with Crippen molar-refractivity contribution < 1.29 is 19.1 Å². The van der Waals surface area contributed by atoms with Gasteiger partial charge >= 0.3 is 0 Å². The Morgan fingerprint density at radius 1 is 1.40 bits per heavy atom. The van der Waals surface area contributed by atoms with E-state index in [-0.39, 0.29) is 23.3 Å². The number of fused-ring (bicyclic) bond motifs is 1. The lowest BCUT2D eigenvalue weighted by Gasteiger charge is -2.45. The molecule has 25 heavy (non-hydrogen) atoms. The van der Waals surface area contributed by atoms with Crippen LogP contribution in [0.3, 0.4) is 0 Å². The number of amides is 3. The van der Waals surface area contributed by atoms with E-state index in [1.165, 1.54) is 17.1 Å². The molecule has 0 aliphatic carbocycles. The molecule has 2 saturated heterocycles. The summed E-state index contributed by atoms with van der Waals surface area (Å²) in [6.45, 7) is 3.28. The smallest absolute Gasteiger partial charge is 0.248 e. The molecule has 0 radical (unpaired) electrons. The van der Waals surface area contributed by atoms with Crippen molar-refractivity contribution in [3.05, 3.63) is 24.3 Å². The second-order valence-corrected chi connectivity index (χ2v) is 6.70. The number of benzene rings is 1. The van der Waals surface area contributed by atoms with Gasteiger partial charge in [-0.05, 0) is 38.2 Å². The average Bonchev–Trinajstić information content (AvgIpc) is 2.92. The number of hydrazine groups is 1. The van der Waals surface area contributed by atoms with Crippen molar-refractivity contribution in [2.24, 2.45) is 0 Å². The van der Waals surface area contributed by atoms with Crippen molar-refractivity contribution in [1.29, 1.82) is 0 Å². The minimum Gasteiger partial charge on any atom is -0.497 e. The molecule has 9 heteroatoms. The van der Waals surface area contributed by atoms with E-state index in [1.54, 1.807) is 38.1 Å². The maximum atomic E-state index is 12.8. The highest BCUT2D eigenvalue weighted by Gasteiger charge is 2.56. The van der Waals surface area contributed by atoms with Crippen molar-refractivity contribution in [3.63, 3.8) is 0 Å². The van der Waals surface area contributed by atoms with E-state index in [2.05, 4.69) is 10.6 Å². The molecule has 1 unspecified atom stereocenters. The zero-order valence-electron chi connectivity index (χ0n) is 14.0. The predicted molar refractivity (Wildman–Crippen MR) is 93.5 cm³/mol. The molecule has 3 rings (SSSR count). The largest absolute Gasteiger partial charge is 0.497 e. The number of ether oxygens (including phenoxy) is 1. The van der Waals surface area contributed by atoms with Crippen molar-refractivity contribution in [1.82, 2.24) is 15.3 Å². The third-order valence-electron chi connectivity index (χ3n) is 4.30. The van der Waals surface area contributed by atoms with Crippen molar-refractivity contribution >= 4 is 40.7 Å². The molecule has 2 fully saturated rings. The standard InChI is InChI=1S/C16H18N4O4S/c1-16(2)14(23)18-15(25)19-12(21)8-11(20(16)19)13(22)17-9-5-4-6-10(7-9)24-3/h4-7,11H,8H2,1-3H3,(H,17,22)(H,18,23,25). The first kappa shape index (κ1) is 17.3. The summed E-state index contributed by atoms with van der Waals surface area (Å²) in [5.41, 5.74) is -0.553. The van der Waals surface area contributed by atoms with Gasteiger partial charge in [-0.15, -0.1) is 0 Å². The monoisotopic (exact) mass is 362 g/mol. The van der Waals surface area contributed by atoms with Crippen LogP contribution in [0.1, 0.15) is 20.3 Å². The molecule has 0 spiro atoms. The van der Waals surface area contributed by atoms with Gasteiger partial charge < -0.3 is 10.1 Å². The van der Waals surface area contributed by atoms with E-state index in [9.17, 15) is 14.4 Å². The number of methoxy groups -OCH3 is 1. The van der Waals surface area contributed by atoms with E-state index >= 15 is 0 Å². The molecule has 2 aliphatic heterocycles. The van der Waals surface area contributed by atoms with Gasteiger partial charge in [0.05, 0.1) is 13.5 Å². The van der Waals surface area contributed by atoms with Gasteiger partial charge in [0.25, 0.3) is 0 Å². The fourth-order valence-corrected chi connectivity index (χ4v) is 3.27. The average molecular weight is 362 g/mol. The van der Waals surface area contributed by atoms with Crippen LogP contribution < -0.4 is 15.4 Å². The molecule has 0 aromatic heterocycles. The summed E-state index contributed by atoms with van der Waals surface area (Å²) in [5, 5.41) is 7.91. The molecule has 0 saturated carbocycles. The van der Waals surface area contributed by atoms with Crippen molar-refractivity contribution in [2.75, 3.05) is 12.4 Å². The Bertz CT molecular complexity index is 779. The quantitative estimate of drug-likeness (QED) is 0.767. The lowest BCUT2D eigenvalue weighted by molar-refractivity contribution is -0.154. The number of hydrogen-bond acceptors (Lipinski definition) is 6. The minimum atomic E-state index is -1.09. The van der Waals surface area contributed by atoms with Crippen LogP contribution in [0.5, 0.6) is 5.75 Å². The fraction of sp³-hybridized carbons (Fsp3) is 0.375. The van der Waals surface area contributed by atoms with Crippen LogP contribution in [0.15, 0.2) is 24.3 Å². The van der Waals surface area contributed by atoms with Crippen LogP contribution in [0.4, 0.5) is 5.69 Å². The third kappa shape index (κ3) is 2.85. The second-order valence-electron chi connectivity index (χ2n) is 6.31. The van der Waals surface area contributed by atoms with Gasteiger partial charge in [-0.25, -0.2) is 5.01 Å². The van der Waals surface area contributed by atoms with Crippen molar-refractivity contribution in [2.45, 2.75) is 31.8 Å². The third-order valence-corrected chi connectivity index (χ3v) is 4.57. The number of carbonyl (C=O) groups excluding carboxylic acids is 3. The summed E-state index contributed by atoms with van der Waals surface area (Å²) in [4.78, 5) is 37.4. The number of hydrogen-bond donors (Lipinski definition) is 2. The van der Waals surface area contributed by atoms with E-state index in [0.29, 0.717) is 11.4 Å². The molecular formula is C16H18N4O4S. The van der Waals surface area contributed by atoms with Gasteiger partial charge in [0.2, 0.25) is 17.7 Å². The summed E-state index contributed by atoms with van der Waals surface area (Å²) in [7, 11) is 1.53. The first-order chi connectivity index (χ1) is 11.8. The Morgan fingerprint density at radius 3 is 2.80 bits per heavy atom. The summed E-state index contributed by atoms with van der Waals surface area (Å²) in [5.74, 6) is -0.484. The van der Waals surface area contributed by atoms with Crippen LogP contribution in [0, 0.1) is 0 Å². The van der Waals surface area contributed by atoms with Crippen LogP contribution in [-0.2, 0) is 14.4 Å². The van der Waals surface area contributed by atoms with Gasteiger partial charge in [0, 0.05) is 11.8 Å². The van der Waals surface area contributed by atoms with Crippen LogP contribution in [0.25, 0.3) is 0 Å². The molecule has 1 aromatic rings. The Morgan fingerprint density at radius 2 is 2.12 bits per heavy atom. The predicted octanol–water partition coefficient (Wildman–Crippen LogP) is 0.645. The Labute approximate surface area is 150 Å². The molecule has 8 nitrogen and oxygen atoms in total. The number of nitrogens with zero attached hydrogens (tertiary/aromatic N) is 2. The lowest BCUT2D eigenvalue weighted by Crippen LogP contribution is -2.71. The first-order valence-electron chi connectivity index (χ1n) is 7.68. The Kier molecular flexibility index (Phi) is 4.21. The molecular weight excluding hydrogens is 344 g/mol. The van der Waals surface area contributed by atoms with Gasteiger partial charge in [0.15, 0.2) is 5.11 Å². The van der Waals surface area contributed by atoms with Crippen molar-refractivity contribution in [3.8, 4) is 5.75 Å². The van der Waals surface area contributed by atoms with Gasteiger partial charge in [-0.3, -0.25) is 19.7 Å². The highest BCUT2D eigenvalue weighted by molar-refractivity contribution is 7.80. The normalized spacial score (nSPS) is 22.4. The molecule has 2 heterocycles. The van der Waals surface area contributed by atoms with Crippen LogP contribution in [-0.4, -0.2) is 51.5 Å². The molecule has 1 aromatic carbocycles. The molecule has 3 amide bonds. The highest BCUT2D eigenvalue weighted by atomic mass is 32.1. The topological polar surface area (TPSA) is 91.0 Å². The summed E-state index contributed by atoms with van der Waals surface area (Å²) >= 11 is 5.09. The van der Waals surface area contributed by atoms with Crippen LogP contribution >= 0.6 is 12.2 Å². The van der Waals surface area contributed by atoms with Gasteiger partial charge in [-0.2, -0.15) is 5.01 Å². The molecule has 2 aliphatic rings. The van der Waals surface area contributed by atoms with E-state index in [4.69, 9.17) is 17.0 Å². The maximum Gasteiger partial charge on any atom is 0.248 e. The second kappa shape index (κ2) is 6.08. The Hall–Kier alpha value is -2.52. The number of carbonyl (C=O) groups is 3. The number of rotatable bonds is 3. The zero-order valence-corrected chi connectivity index (χ0v) is 14.8. The van der Waals surface area contributed by atoms with E-state index in [1.807, 2.05) is 0 Å². The Balaban J connectivity index is 1.88. The van der Waals surface area contributed by atoms with E-state index < -0.39 is 17.5 Å². The molecule has 2 N–H and O–H groups in total. The summed E-state index contributed by atoms with van der Waals surface area (Å²) in [6, 6.07) is 6.05. The lowest BCUT2D eigenvalue weighted by atomic mass is 10.00. The number of nitrogens with one attached hydrogen (secondary N) is 2. The van der Waals surface area contributed by atoms with Crippen LogP contribution in [0.2, 0.25) is 0 Å². The van der Waals surface area contributed by atoms with Gasteiger partial charge in [0.1, 0.15) is 17.3 Å². The zero-order chi connectivity index (χ0) is 18.4. The molecule has 0 bridgehead atoms. The maximum absolute atomic E-state index is 12.8. The summed E-state index contributed by atoms with van der Waals surface area (Å²) < 4.78 is 5.13. The van der Waals surface area contributed by atoms with E-state index in [0.717, 1.165) is 0 Å². The minimum absolute atomic E-state index is 0.00833. The van der Waals surface area contributed by atoms with Gasteiger partial charge in [-0.1, -0.05) is 6.07 Å². The molecule has 132 valence electrons. The first-order valence-corrected chi connectivity index (χ1v) is 8.09. The fourth-order valence-electron chi connectivity index (χ4n) is 2.99.